The Morgan fingerprint density at radius 3 is 2.58 bits per heavy atom. The number of fused-ring (bicyclic) bond motifs is 1. The molecule has 2 aromatic heterocycles. The third kappa shape index (κ3) is 6.74. The number of benzene rings is 2. The summed E-state index contributed by atoms with van der Waals surface area (Å²) in [5.41, 5.74) is 6.69. The average molecular weight is 584 g/mol. The van der Waals surface area contributed by atoms with Gasteiger partial charge in [0.1, 0.15) is 0 Å². The van der Waals surface area contributed by atoms with E-state index in [0.29, 0.717) is 30.4 Å². The zero-order chi connectivity index (χ0) is 29.8. The molecule has 43 heavy (non-hydrogen) atoms. The number of amides is 1. The van der Waals surface area contributed by atoms with Gasteiger partial charge in [-0.2, -0.15) is 5.10 Å². The molecule has 3 heterocycles. The number of aromatic nitrogens is 3. The molecule has 1 aliphatic heterocycles. The Hall–Kier alpha value is -3.79. The minimum atomic E-state index is -0.220. The van der Waals surface area contributed by atoms with Gasteiger partial charge in [0.2, 0.25) is 0 Å². The zero-order valence-corrected chi connectivity index (χ0v) is 25.2. The van der Waals surface area contributed by atoms with Crippen LogP contribution in [0.2, 0.25) is 0 Å². The van der Waals surface area contributed by atoms with Crippen LogP contribution in [0.25, 0.3) is 22.0 Å². The lowest BCUT2D eigenvalue weighted by Crippen LogP contribution is -2.38. The number of nitrogens with zero attached hydrogens (tertiary/aromatic N) is 3. The highest BCUT2D eigenvalue weighted by Gasteiger charge is 2.23. The lowest BCUT2D eigenvalue weighted by molar-refractivity contribution is 0.0180. The van der Waals surface area contributed by atoms with Crippen LogP contribution in [0.4, 0.5) is 0 Å². The number of hydrogen-bond acceptors (Lipinski definition) is 6. The van der Waals surface area contributed by atoms with Gasteiger partial charge < -0.3 is 19.8 Å². The molecule has 1 amide bonds. The normalized spacial score (nSPS) is 16.2. The van der Waals surface area contributed by atoms with Gasteiger partial charge in [-0.15, -0.1) is 0 Å². The maximum Gasteiger partial charge on any atom is 0.253 e. The van der Waals surface area contributed by atoms with Crippen molar-refractivity contribution in [2.45, 2.75) is 58.7 Å². The molecule has 0 spiro atoms. The topological polar surface area (TPSA) is 101 Å². The number of pyridine rings is 1. The van der Waals surface area contributed by atoms with Crippen LogP contribution in [0.1, 0.15) is 64.5 Å². The second-order valence-corrected chi connectivity index (χ2v) is 11.8. The fourth-order valence-corrected chi connectivity index (χ4v) is 6.31. The van der Waals surface area contributed by atoms with E-state index in [1.807, 2.05) is 32.2 Å². The summed E-state index contributed by atoms with van der Waals surface area (Å²) in [6.07, 6.45) is 6.39. The number of H-pyrrole nitrogens is 1. The first-order valence-corrected chi connectivity index (χ1v) is 15.4. The highest BCUT2D eigenvalue weighted by atomic mass is 16.5. The molecule has 2 fully saturated rings. The van der Waals surface area contributed by atoms with Crippen molar-refractivity contribution in [2.24, 2.45) is 0 Å². The molecule has 0 bridgehead atoms. The highest BCUT2D eigenvalue weighted by molar-refractivity contribution is 6.08. The molecule has 2 N–H and O–H groups in total. The van der Waals surface area contributed by atoms with Crippen molar-refractivity contribution in [1.29, 1.82) is 0 Å². The lowest BCUT2D eigenvalue weighted by atomic mass is 9.98. The van der Waals surface area contributed by atoms with Crippen molar-refractivity contribution >= 4 is 16.8 Å². The van der Waals surface area contributed by atoms with Crippen molar-refractivity contribution in [1.82, 2.24) is 25.0 Å². The fourth-order valence-electron chi connectivity index (χ4n) is 6.31. The molecule has 226 valence electrons. The van der Waals surface area contributed by atoms with Gasteiger partial charge in [0.25, 0.3) is 11.5 Å². The monoisotopic (exact) mass is 583 g/mol. The molecule has 4 aromatic rings. The van der Waals surface area contributed by atoms with E-state index in [0.717, 1.165) is 84.5 Å². The van der Waals surface area contributed by atoms with Crippen LogP contribution in [0.5, 0.6) is 0 Å². The Labute approximate surface area is 252 Å². The first-order chi connectivity index (χ1) is 21.0. The van der Waals surface area contributed by atoms with E-state index in [4.69, 9.17) is 14.6 Å². The summed E-state index contributed by atoms with van der Waals surface area (Å²) in [7, 11) is 0. The Kier molecular flexibility index (Phi) is 9.02. The van der Waals surface area contributed by atoms with E-state index >= 15 is 0 Å². The molecule has 1 saturated carbocycles. The Bertz CT molecular complexity index is 1630. The fraction of sp³-hybridized carbons (Fsp3) is 0.441. The molecule has 9 heteroatoms. The summed E-state index contributed by atoms with van der Waals surface area (Å²) < 4.78 is 13.5. The smallest absolute Gasteiger partial charge is 0.253 e. The first kappa shape index (κ1) is 29.3. The van der Waals surface area contributed by atoms with Crippen LogP contribution in [-0.4, -0.2) is 65.0 Å². The number of nitrogens with one attached hydrogen (secondary N) is 2. The molecule has 9 nitrogen and oxygen atoms in total. The van der Waals surface area contributed by atoms with Gasteiger partial charge in [-0.05, 0) is 67.1 Å². The molecule has 0 unspecified atom stereocenters. The molecule has 2 aliphatic rings. The molecule has 1 aliphatic carbocycles. The van der Waals surface area contributed by atoms with Crippen molar-refractivity contribution in [3.8, 4) is 11.1 Å². The summed E-state index contributed by atoms with van der Waals surface area (Å²) in [5.74, 6) is -0.220. The van der Waals surface area contributed by atoms with Gasteiger partial charge in [0.05, 0.1) is 49.7 Å². The number of carbonyl (C=O) groups excluding carboxylic acids is 1. The van der Waals surface area contributed by atoms with E-state index in [1.54, 1.807) is 0 Å². The van der Waals surface area contributed by atoms with Crippen molar-refractivity contribution in [2.75, 3.05) is 39.5 Å². The third-order valence-corrected chi connectivity index (χ3v) is 8.76. The van der Waals surface area contributed by atoms with Crippen molar-refractivity contribution in [3.05, 3.63) is 87.0 Å². The maximum atomic E-state index is 13.7. The predicted molar refractivity (Wildman–Crippen MR) is 167 cm³/mol. The van der Waals surface area contributed by atoms with E-state index in [1.165, 1.54) is 12.8 Å². The average Bonchev–Trinajstić information content (AvgIpc) is 3.69. The number of ether oxygens (including phenoxy) is 2. The summed E-state index contributed by atoms with van der Waals surface area (Å²) in [4.78, 5) is 31.4. The number of aromatic amines is 1. The van der Waals surface area contributed by atoms with Gasteiger partial charge in [-0.1, -0.05) is 37.1 Å². The van der Waals surface area contributed by atoms with E-state index in [-0.39, 0.29) is 18.0 Å². The molecule has 0 radical (unpaired) electrons. The molecular weight excluding hydrogens is 542 g/mol. The van der Waals surface area contributed by atoms with E-state index in [9.17, 15) is 9.59 Å². The predicted octanol–water partition coefficient (Wildman–Crippen LogP) is 4.90. The third-order valence-electron chi connectivity index (χ3n) is 8.76. The molecule has 0 atom stereocenters. The van der Waals surface area contributed by atoms with Crippen LogP contribution in [-0.2, 0) is 22.6 Å². The first-order valence-electron chi connectivity index (χ1n) is 15.4. The minimum Gasteiger partial charge on any atom is -0.379 e. The van der Waals surface area contributed by atoms with Crippen LogP contribution in [0, 0.1) is 13.8 Å². The summed E-state index contributed by atoms with van der Waals surface area (Å²) in [5, 5.41) is 8.59. The maximum absolute atomic E-state index is 13.7. The molecule has 1 saturated heterocycles. The van der Waals surface area contributed by atoms with E-state index < -0.39 is 0 Å². The van der Waals surface area contributed by atoms with Crippen LogP contribution in [0.15, 0.2) is 53.5 Å². The molecule has 6 rings (SSSR count). The zero-order valence-electron chi connectivity index (χ0n) is 25.2. The number of rotatable bonds is 10. The van der Waals surface area contributed by atoms with Crippen LogP contribution >= 0.6 is 0 Å². The van der Waals surface area contributed by atoms with Crippen molar-refractivity contribution < 1.29 is 14.3 Å². The van der Waals surface area contributed by atoms with Gasteiger partial charge in [-0.3, -0.25) is 19.2 Å². The second-order valence-electron chi connectivity index (χ2n) is 11.8. The van der Waals surface area contributed by atoms with Crippen LogP contribution in [0.3, 0.4) is 0 Å². The van der Waals surface area contributed by atoms with Gasteiger partial charge >= 0.3 is 0 Å². The van der Waals surface area contributed by atoms with Gasteiger partial charge in [0.15, 0.2) is 0 Å². The second kappa shape index (κ2) is 13.2. The highest BCUT2D eigenvalue weighted by Crippen LogP contribution is 2.35. The number of hydrogen-bond donors (Lipinski definition) is 2. The quantitative estimate of drug-likeness (QED) is 0.258. The molecular formula is C34H41N5O4. The van der Waals surface area contributed by atoms with Crippen LogP contribution < -0.4 is 10.9 Å². The Morgan fingerprint density at radius 2 is 1.84 bits per heavy atom. The van der Waals surface area contributed by atoms with Gasteiger partial charge in [-0.25, -0.2) is 0 Å². The number of morpholine rings is 1. The molecule has 2 aromatic carbocycles. The summed E-state index contributed by atoms with van der Waals surface area (Å²) in [6.45, 7) is 9.59. The number of carbonyl (C=O) groups is 1. The largest absolute Gasteiger partial charge is 0.379 e. The Balaban J connectivity index is 1.22. The van der Waals surface area contributed by atoms with Gasteiger partial charge in [0, 0.05) is 42.8 Å². The standard InChI is InChI=1S/C34H41N5O4/c1-23-17-24(2)37-34(41)30(23)20-35-33(40)29-18-27(19-32-31(29)21-36-39(32)28-5-3-4-6-28)26-9-7-25(8-10-26)22-43-16-13-38-11-14-42-15-12-38/h7-10,17-19,21,28H,3-6,11-16,20,22H2,1-2H3,(H,35,40)(H,37,41). The lowest BCUT2D eigenvalue weighted by Gasteiger charge is -2.26. The summed E-state index contributed by atoms with van der Waals surface area (Å²) in [6, 6.07) is 14.7. The number of aryl methyl sites for hydroxylation is 2. The minimum absolute atomic E-state index is 0.156. The SMILES string of the molecule is Cc1cc(C)c(CNC(=O)c2cc(-c3ccc(COCCN4CCOCC4)cc3)cc3c2cnn3C2CCCC2)c(=O)[nH]1. The Morgan fingerprint density at radius 1 is 1.07 bits per heavy atom. The van der Waals surface area contributed by atoms with E-state index in [2.05, 4.69) is 50.2 Å². The van der Waals surface area contributed by atoms with Crippen molar-refractivity contribution in [3.63, 3.8) is 0 Å². The summed E-state index contributed by atoms with van der Waals surface area (Å²) >= 11 is 0.